The van der Waals surface area contributed by atoms with Gasteiger partial charge < -0.3 is 10.6 Å². The second-order valence-electron chi connectivity index (χ2n) is 5.50. The summed E-state index contributed by atoms with van der Waals surface area (Å²) in [5, 5.41) is 0. The van der Waals surface area contributed by atoms with Crippen LogP contribution in [-0.4, -0.2) is 23.9 Å². The van der Waals surface area contributed by atoms with E-state index in [9.17, 15) is 13.6 Å². The topological polar surface area (TPSA) is 46.3 Å². The van der Waals surface area contributed by atoms with Crippen LogP contribution < -0.4 is 5.73 Å². The number of hydrogen-bond donors (Lipinski definition) is 1. The van der Waals surface area contributed by atoms with Crippen molar-refractivity contribution in [1.29, 1.82) is 0 Å². The number of nitrogens with two attached hydrogens (primary N) is 1. The molecule has 1 fully saturated rings. The van der Waals surface area contributed by atoms with Crippen LogP contribution in [0.5, 0.6) is 0 Å². The van der Waals surface area contributed by atoms with Gasteiger partial charge in [-0.05, 0) is 37.5 Å². The highest BCUT2D eigenvalue weighted by atomic mass is 19.2. The van der Waals surface area contributed by atoms with E-state index in [2.05, 4.69) is 0 Å². The summed E-state index contributed by atoms with van der Waals surface area (Å²) in [6.45, 7) is 1.80. The Balaban J connectivity index is 2.13. The molecule has 3 nitrogen and oxygen atoms in total. The molecule has 0 bridgehead atoms. The summed E-state index contributed by atoms with van der Waals surface area (Å²) in [6, 6.07) is 3.31. The van der Waals surface area contributed by atoms with Gasteiger partial charge in [-0.1, -0.05) is 12.5 Å². The lowest BCUT2D eigenvalue weighted by Gasteiger charge is -2.29. The van der Waals surface area contributed by atoms with Crippen molar-refractivity contribution in [3.63, 3.8) is 0 Å². The van der Waals surface area contributed by atoms with Crippen molar-refractivity contribution in [3.8, 4) is 0 Å². The number of carbonyl (C=O) groups excluding carboxylic acids is 1. The van der Waals surface area contributed by atoms with Crippen LogP contribution in [0.1, 0.15) is 37.8 Å². The highest BCUT2D eigenvalue weighted by Crippen LogP contribution is 2.29. The van der Waals surface area contributed by atoms with Gasteiger partial charge in [0.15, 0.2) is 11.6 Å². The van der Waals surface area contributed by atoms with Gasteiger partial charge in [0.1, 0.15) is 0 Å². The number of amides is 1. The van der Waals surface area contributed by atoms with E-state index in [1.54, 1.807) is 18.9 Å². The van der Waals surface area contributed by atoms with Crippen LogP contribution in [0.2, 0.25) is 0 Å². The molecule has 1 aromatic rings. The van der Waals surface area contributed by atoms with E-state index in [1.807, 2.05) is 0 Å². The average Bonchev–Trinajstić information content (AvgIpc) is 2.85. The Morgan fingerprint density at radius 2 is 2.05 bits per heavy atom. The van der Waals surface area contributed by atoms with E-state index < -0.39 is 11.6 Å². The molecule has 1 amide bonds. The maximum absolute atomic E-state index is 13.3. The minimum absolute atomic E-state index is 0.0211. The van der Waals surface area contributed by atoms with E-state index in [0.717, 1.165) is 31.4 Å². The van der Waals surface area contributed by atoms with Crippen molar-refractivity contribution in [2.75, 3.05) is 7.05 Å². The molecule has 0 heterocycles. The molecule has 20 heavy (non-hydrogen) atoms. The van der Waals surface area contributed by atoms with Crippen LogP contribution >= 0.6 is 0 Å². The molecule has 1 aromatic carbocycles. The fourth-order valence-electron chi connectivity index (χ4n) is 2.74. The number of benzene rings is 1. The number of carbonyl (C=O) groups is 1. The van der Waals surface area contributed by atoms with Crippen molar-refractivity contribution < 1.29 is 13.6 Å². The standard InChI is InChI=1S/C15H20F2N2O/c1-9(10-6-7-12(16)13(17)8-10)19(2)15(20)11-4-3-5-14(11)18/h6-9,11,14H,3-5,18H2,1-2H3. The largest absolute Gasteiger partial charge is 0.339 e. The van der Waals surface area contributed by atoms with Gasteiger partial charge in [0, 0.05) is 13.1 Å². The average molecular weight is 282 g/mol. The Morgan fingerprint density at radius 3 is 2.60 bits per heavy atom. The Bertz CT molecular complexity index is 507. The molecule has 0 aliphatic heterocycles. The van der Waals surface area contributed by atoms with Gasteiger partial charge in [-0.25, -0.2) is 8.78 Å². The fourth-order valence-corrected chi connectivity index (χ4v) is 2.74. The molecule has 110 valence electrons. The molecule has 5 heteroatoms. The second-order valence-corrected chi connectivity index (χ2v) is 5.50. The highest BCUT2D eigenvalue weighted by molar-refractivity contribution is 5.80. The first-order valence-electron chi connectivity index (χ1n) is 6.89. The van der Waals surface area contributed by atoms with E-state index in [1.165, 1.54) is 6.07 Å². The van der Waals surface area contributed by atoms with E-state index in [0.29, 0.717) is 5.56 Å². The summed E-state index contributed by atoms with van der Waals surface area (Å²) in [7, 11) is 1.68. The molecule has 0 radical (unpaired) electrons. The van der Waals surface area contributed by atoms with Gasteiger partial charge in [0.05, 0.1) is 12.0 Å². The van der Waals surface area contributed by atoms with Crippen LogP contribution in [0.3, 0.4) is 0 Å². The maximum Gasteiger partial charge on any atom is 0.227 e. The lowest BCUT2D eigenvalue weighted by Crippen LogP contribution is -2.40. The van der Waals surface area contributed by atoms with E-state index in [4.69, 9.17) is 5.73 Å². The number of halogens is 2. The smallest absolute Gasteiger partial charge is 0.227 e. The Labute approximate surface area is 117 Å². The first kappa shape index (κ1) is 14.9. The number of hydrogen-bond acceptors (Lipinski definition) is 2. The molecular weight excluding hydrogens is 262 g/mol. The lowest BCUT2D eigenvalue weighted by molar-refractivity contribution is -0.136. The summed E-state index contributed by atoms with van der Waals surface area (Å²) in [5.74, 6) is -1.96. The fraction of sp³-hybridized carbons (Fsp3) is 0.533. The van der Waals surface area contributed by atoms with Crippen molar-refractivity contribution in [2.24, 2.45) is 11.7 Å². The molecule has 0 saturated heterocycles. The first-order chi connectivity index (χ1) is 9.41. The molecular formula is C15H20F2N2O. The van der Waals surface area contributed by atoms with E-state index in [-0.39, 0.29) is 23.9 Å². The van der Waals surface area contributed by atoms with Gasteiger partial charge in [-0.2, -0.15) is 0 Å². The summed E-state index contributed by atoms with van der Waals surface area (Å²) in [5.41, 5.74) is 6.52. The summed E-state index contributed by atoms with van der Waals surface area (Å²) >= 11 is 0. The van der Waals surface area contributed by atoms with Crippen molar-refractivity contribution >= 4 is 5.91 Å². The molecule has 1 aliphatic carbocycles. The highest BCUT2D eigenvalue weighted by Gasteiger charge is 2.33. The Hall–Kier alpha value is -1.49. The number of rotatable bonds is 3. The quantitative estimate of drug-likeness (QED) is 0.926. The maximum atomic E-state index is 13.3. The third-order valence-corrected chi connectivity index (χ3v) is 4.24. The Morgan fingerprint density at radius 1 is 1.35 bits per heavy atom. The van der Waals surface area contributed by atoms with Gasteiger partial charge >= 0.3 is 0 Å². The van der Waals surface area contributed by atoms with Crippen LogP contribution in [0.15, 0.2) is 18.2 Å². The molecule has 1 aliphatic rings. The number of nitrogens with zero attached hydrogens (tertiary/aromatic N) is 1. The zero-order valence-electron chi connectivity index (χ0n) is 11.8. The molecule has 2 N–H and O–H groups in total. The monoisotopic (exact) mass is 282 g/mol. The minimum Gasteiger partial charge on any atom is -0.339 e. The van der Waals surface area contributed by atoms with Crippen molar-refractivity contribution in [3.05, 3.63) is 35.4 Å². The third-order valence-electron chi connectivity index (χ3n) is 4.24. The van der Waals surface area contributed by atoms with Crippen LogP contribution in [0, 0.1) is 17.6 Å². The molecule has 2 rings (SSSR count). The summed E-state index contributed by atoms with van der Waals surface area (Å²) in [6.07, 6.45) is 2.63. The Kier molecular flexibility index (Phi) is 4.38. The minimum atomic E-state index is -0.896. The summed E-state index contributed by atoms with van der Waals surface area (Å²) < 4.78 is 26.2. The van der Waals surface area contributed by atoms with Gasteiger partial charge in [-0.3, -0.25) is 4.79 Å². The van der Waals surface area contributed by atoms with Crippen LogP contribution in [-0.2, 0) is 4.79 Å². The molecule has 3 atom stereocenters. The molecule has 3 unspecified atom stereocenters. The normalized spacial score (nSPS) is 23.6. The zero-order valence-corrected chi connectivity index (χ0v) is 11.8. The predicted molar refractivity (Wildman–Crippen MR) is 72.9 cm³/mol. The predicted octanol–water partition coefficient (Wildman–Crippen LogP) is 2.61. The first-order valence-corrected chi connectivity index (χ1v) is 6.89. The van der Waals surface area contributed by atoms with Crippen molar-refractivity contribution in [2.45, 2.75) is 38.3 Å². The van der Waals surface area contributed by atoms with Gasteiger partial charge in [0.25, 0.3) is 0 Å². The van der Waals surface area contributed by atoms with E-state index >= 15 is 0 Å². The molecule has 0 aromatic heterocycles. The van der Waals surface area contributed by atoms with Gasteiger partial charge in [0.2, 0.25) is 5.91 Å². The van der Waals surface area contributed by atoms with Crippen LogP contribution in [0.25, 0.3) is 0 Å². The summed E-state index contributed by atoms with van der Waals surface area (Å²) in [4.78, 5) is 14.0. The van der Waals surface area contributed by atoms with Crippen molar-refractivity contribution in [1.82, 2.24) is 4.90 Å². The molecule has 0 spiro atoms. The van der Waals surface area contributed by atoms with Crippen LogP contribution in [0.4, 0.5) is 8.78 Å². The third kappa shape index (κ3) is 2.82. The zero-order chi connectivity index (χ0) is 14.9. The SMILES string of the molecule is CC(c1ccc(F)c(F)c1)N(C)C(=O)C1CCCC1N. The second kappa shape index (κ2) is 5.87. The van der Waals surface area contributed by atoms with Gasteiger partial charge in [-0.15, -0.1) is 0 Å². The lowest BCUT2D eigenvalue weighted by atomic mass is 10.00. The molecule has 1 saturated carbocycles.